The Kier molecular flexibility index (Phi) is 4.94. The second kappa shape index (κ2) is 7.14. The van der Waals surface area contributed by atoms with Gasteiger partial charge in [-0.3, -0.25) is 9.59 Å². The lowest BCUT2D eigenvalue weighted by Gasteiger charge is -2.33. The summed E-state index contributed by atoms with van der Waals surface area (Å²) in [5, 5.41) is 12.3. The number of benzene rings is 1. The molecule has 0 radical (unpaired) electrons. The number of ether oxygens (including phenoxy) is 3. The van der Waals surface area contributed by atoms with E-state index in [1.807, 2.05) is 12.1 Å². The molecule has 25 heavy (non-hydrogen) atoms. The van der Waals surface area contributed by atoms with Crippen LogP contribution in [0.25, 0.3) is 6.08 Å². The van der Waals surface area contributed by atoms with Crippen LogP contribution in [-0.2, 0) is 14.3 Å². The predicted octanol–water partition coefficient (Wildman–Crippen LogP) is 1.47. The maximum Gasteiger partial charge on any atom is 0.311 e. The minimum atomic E-state index is -0.967. The zero-order valence-corrected chi connectivity index (χ0v) is 14.0. The van der Waals surface area contributed by atoms with E-state index in [-0.39, 0.29) is 19.1 Å². The van der Waals surface area contributed by atoms with Gasteiger partial charge >= 0.3 is 5.97 Å². The number of nitrogens with one attached hydrogen (secondary N) is 1. The summed E-state index contributed by atoms with van der Waals surface area (Å²) in [5.41, 5.74) is 0.244. The average Bonchev–Trinajstić information content (AvgIpc) is 2.65. The Morgan fingerprint density at radius 1 is 1.32 bits per heavy atom. The lowest BCUT2D eigenvalue weighted by molar-refractivity contribution is -0.154. The van der Waals surface area contributed by atoms with E-state index in [0.717, 1.165) is 5.56 Å². The number of rotatable bonds is 5. The van der Waals surface area contributed by atoms with Gasteiger partial charge in [-0.1, -0.05) is 12.1 Å². The molecule has 1 amide bonds. The van der Waals surface area contributed by atoms with Crippen molar-refractivity contribution in [1.29, 1.82) is 0 Å². The van der Waals surface area contributed by atoms with Crippen molar-refractivity contribution in [3.8, 4) is 11.5 Å². The first-order valence-electron chi connectivity index (χ1n) is 8.15. The highest BCUT2D eigenvalue weighted by Gasteiger charge is 2.40. The highest BCUT2D eigenvalue weighted by Crippen LogP contribution is 2.35. The maximum absolute atomic E-state index is 12.5. The Labute approximate surface area is 145 Å². The van der Waals surface area contributed by atoms with Gasteiger partial charge in [0.1, 0.15) is 6.61 Å². The number of amides is 1. The molecule has 1 aromatic carbocycles. The Hall–Kier alpha value is -2.54. The molecule has 0 atom stereocenters. The van der Waals surface area contributed by atoms with Gasteiger partial charge in [-0.25, -0.2) is 0 Å². The van der Waals surface area contributed by atoms with Crippen molar-refractivity contribution in [3.63, 3.8) is 0 Å². The summed E-state index contributed by atoms with van der Waals surface area (Å²) in [6.07, 6.45) is 2.52. The molecule has 0 saturated carbocycles. The first-order valence-corrected chi connectivity index (χ1v) is 8.15. The number of hydrogen-bond acceptors (Lipinski definition) is 5. The molecule has 3 rings (SSSR count). The topological polar surface area (TPSA) is 94.1 Å². The second-order valence-corrected chi connectivity index (χ2v) is 6.22. The molecule has 7 heteroatoms. The summed E-state index contributed by atoms with van der Waals surface area (Å²) in [6, 6.07) is 5.45. The first-order chi connectivity index (χ1) is 12.1. The van der Waals surface area contributed by atoms with E-state index in [1.54, 1.807) is 19.3 Å². The maximum atomic E-state index is 12.5. The van der Waals surface area contributed by atoms with Crippen molar-refractivity contribution >= 4 is 18.0 Å². The molecular formula is C18H21NO6. The van der Waals surface area contributed by atoms with Gasteiger partial charge in [-0.05, 0) is 25.0 Å². The van der Waals surface area contributed by atoms with Crippen molar-refractivity contribution in [2.75, 3.05) is 33.5 Å². The highest BCUT2D eigenvalue weighted by molar-refractivity contribution is 5.99. The molecule has 134 valence electrons. The quantitative estimate of drug-likeness (QED) is 0.838. The van der Waals surface area contributed by atoms with Crippen LogP contribution in [0, 0.1) is 5.41 Å². The number of methoxy groups -OCH3 is 1. The fourth-order valence-corrected chi connectivity index (χ4v) is 3.06. The van der Waals surface area contributed by atoms with Crippen molar-refractivity contribution in [3.05, 3.63) is 29.3 Å². The van der Waals surface area contributed by atoms with Gasteiger partial charge in [-0.2, -0.15) is 0 Å². The van der Waals surface area contributed by atoms with Crippen LogP contribution in [0.4, 0.5) is 0 Å². The van der Waals surface area contributed by atoms with Crippen LogP contribution >= 0.6 is 0 Å². The van der Waals surface area contributed by atoms with Crippen LogP contribution in [0.2, 0.25) is 0 Å². The Balaban J connectivity index is 1.71. The smallest absolute Gasteiger partial charge is 0.311 e. The zero-order chi connectivity index (χ0) is 17.9. The van der Waals surface area contributed by atoms with E-state index < -0.39 is 11.4 Å². The molecule has 2 aliphatic heterocycles. The molecule has 1 saturated heterocycles. The van der Waals surface area contributed by atoms with E-state index in [2.05, 4.69) is 5.32 Å². The largest absolute Gasteiger partial charge is 0.493 e. The summed E-state index contributed by atoms with van der Waals surface area (Å²) in [4.78, 5) is 24.1. The van der Waals surface area contributed by atoms with Crippen LogP contribution in [0.15, 0.2) is 23.8 Å². The predicted molar refractivity (Wildman–Crippen MR) is 89.6 cm³/mol. The van der Waals surface area contributed by atoms with Crippen molar-refractivity contribution in [2.24, 2.45) is 5.41 Å². The Morgan fingerprint density at radius 2 is 2.08 bits per heavy atom. The van der Waals surface area contributed by atoms with Crippen molar-refractivity contribution < 1.29 is 28.9 Å². The second-order valence-electron chi connectivity index (χ2n) is 6.22. The number of para-hydroxylation sites is 1. The molecule has 2 aliphatic rings. The molecule has 0 bridgehead atoms. The van der Waals surface area contributed by atoms with Crippen LogP contribution in [0.5, 0.6) is 11.5 Å². The van der Waals surface area contributed by atoms with E-state index >= 15 is 0 Å². The van der Waals surface area contributed by atoms with Gasteiger partial charge in [-0.15, -0.1) is 0 Å². The van der Waals surface area contributed by atoms with E-state index in [1.165, 1.54) is 0 Å². The first kappa shape index (κ1) is 17.3. The standard InChI is InChI=1S/C18H21NO6/c1-23-14-4-2-3-12-9-13(10-25-15(12)14)16(20)19-11-18(17(21)22)5-7-24-8-6-18/h2-4,9H,5-8,10-11H2,1H3,(H,19,20)(H,21,22). The van der Waals surface area contributed by atoms with Crippen LogP contribution in [-0.4, -0.2) is 50.5 Å². The molecule has 0 aliphatic carbocycles. The number of carbonyl (C=O) groups is 2. The Morgan fingerprint density at radius 3 is 2.76 bits per heavy atom. The number of carboxylic acids is 1. The summed E-state index contributed by atoms with van der Waals surface area (Å²) >= 11 is 0. The van der Waals surface area contributed by atoms with E-state index in [4.69, 9.17) is 14.2 Å². The Bertz CT molecular complexity index is 706. The monoisotopic (exact) mass is 347 g/mol. The number of carbonyl (C=O) groups excluding carboxylic acids is 1. The van der Waals surface area contributed by atoms with E-state index in [0.29, 0.717) is 43.1 Å². The average molecular weight is 347 g/mol. The molecule has 2 heterocycles. The third-order valence-electron chi connectivity index (χ3n) is 4.71. The molecule has 1 fully saturated rings. The number of hydrogen-bond donors (Lipinski definition) is 2. The normalized spacial score (nSPS) is 18.4. The van der Waals surface area contributed by atoms with Crippen LogP contribution in [0.1, 0.15) is 18.4 Å². The summed E-state index contributed by atoms with van der Waals surface area (Å²) in [6.45, 7) is 0.970. The number of carboxylic acid groups (broad SMARTS) is 1. The van der Waals surface area contributed by atoms with Crippen molar-refractivity contribution in [1.82, 2.24) is 5.32 Å². The van der Waals surface area contributed by atoms with Gasteiger partial charge in [0.2, 0.25) is 0 Å². The summed E-state index contributed by atoms with van der Waals surface area (Å²) in [5.74, 6) is -0.00567. The lowest BCUT2D eigenvalue weighted by atomic mass is 9.80. The molecule has 7 nitrogen and oxygen atoms in total. The highest BCUT2D eigenvalue weighted by atomic mass is 16.5. The SMILES string of the molecule is COc1cccc2c1OCC(C(=O)NCC1(C(=O)O)CCOCC1)=C2. The van der Waals surface area contributed by atoms with Gasteiger partial charge in [0.05, 0.1) is 18.1 Å². The fraction of sp³-hybridized carbons (Fsp3) is 0.444. The summed E-state index contributed by atoms with van der Waals surface area (Å²) < 4.78 is 16.1. The van der Waals surface area contributed by atoms with Crippen LogP contribution < -0.4 is 14.8 Å². The molecule has 0 spiro atoms. The van der Waals surface area contributed by atoms with Crippen molar-refractivity contribution in [2.45, 2.75) is 12.8 Å². The van der Waals surface area contributed by atoms with Gasteiger partial charge in [0.15, 0.2) is 11.5 Å². The minimum Gasteiger partial charge on any atom is -0.493 e. The lowest BCUT2D eigenvalue weighted by Crippen LogP contribution is -2.47. The molecule has 2 N–H and O–H groups in total. The third kappa shape index (κ3) is 3.46. The third-order valence-corrected chi connectivity index (χ3v) is 4.71. The molecule has 0 aromatic heterocycles. The minimum absolute atomic E-state index is 0.0762. The number of aliphatic carboxylic acids is 1. The zero-order valence-electron chi connectivity index (χ0n) is 14.0. The molecule has 1 aromatic rings. The number of fused-ring (bicyclic) bond motifs is 1. The van der Waals surface area contributed by atoms with Crippen LogP contribution in [0.3, 0.4) is 0 Å². The van der Waals surface area contributed by atoms with Gasteiger partial charge in [0.25, 0.3) is 5.91 Å². The van der Waals surface area contributed by atoms with E-state index in [9.17, 15) is 14.7 Å². The fourth-order valence-electron chi connectivity index (χ4n) is 3.06. The molecule has 0 unspecified atom stereocenters. The van der Waals surface area contributed by atoms with Gasteiger partial charge < -0.3 is 24.6 Å². The summed E-state index contributed by atoms with van der Waals surface area (Å²) in [7, 11) is 1.56. The van der Waals surface area contributed by atoms with Gasteiger partial charge in [0, 0.05) is 25.3 Å². The molecular weight excluding hydrogens is 326 g/mol.